The lowest BCUT2D eigenvalue weighted by Gasteiger charge is -2.16. The van der Waals surface area contributed by atoms with Crippen LogP contribution in [0.3, 0.4) is 0 Å². The fourth-order valence-corrected chi connectivity index (χ4v) is 3.57. The van der Waals surface area contributed by atoms with Crippen LogP contribution in [0, 0.1) is 0 Å². The second kappa shape index (κ2) is 8.27. The number of amides is 1. The summed E-state index contributed by atoms with van der Waals surface area (Å²) in [5.41, 5.74) is 5.27. The van der Waals surface area contributed by atoms with E-state index >= 15 is 0 Å². The van der Waals surface area contributed by atoms with E-state index in [2.05, 4.69) is 27.6 Å². The molecule has 0 unspecified atom stereocenters. The maximum Gasteiger partial charge on any atom is 0.227 e. The Morgan fingerprint density at radius 1 is 1.18 bits per heavy atom. The normalized spacial score (nSPS) is 13.9. The maximum absolute atomic E-state index is 12.0. The summed E-state index contributed by atoms with van der Waals surface area (Å²) in [7, 11) is 1.67. The molecule has 0 saturated carbocycles. The van der Waals surface area contributed by atoms with Gasteiger partial charge in [-0.25, -0.2) is 0 Å². The molecule has 28 heavy (non-hydrogen) atoms. The van der Waals surface area contributed by atoms with E-state index in [9.17, 15) is 4.79 Å². The zero-order chi connectivity index (χ0) is 19.3. The molecular weight excluding hydrogens is 352 g/mol. The SMILES string of the molecule is COc1cccc(-c2[nH]ncc2CNCc2cccc(N3CCCC3=O)c2)c1. The number of aromatic amines is 1. The second-order valence-corrected chi connectivity index (χ2v) is 6.92. The number of nitrogens with zero attached hydrogens (tertiary/aromatic N) is 2. The van der Waals surface area contributed by atoms with Gasteiger partial charge in [-0.3, -0.25) is 9.89 Å². The first-order valence-electron chi connectivity index (χ1n) is 9.51. The van der Waals surface area contributed by atoms with Gasteiger partial charge in [-0.2, -0.15) is 5.10 Å². The Morgan fingerprint density at radius 3 is 2.89 bits per heavy atom. The summed E-state index contributed by atoms with van der Waals surface area (Å²) >= 11 is 0. The van der Waals surface area contributed by atoms with Gasteiger partial charge < -0.3 is 15.0 Å². The van der Waals surface area contributed by atoms with Gasteiger partial charge in [0.2, 0.25) is 5.91 Å². The predicted molar refractivity (Wildman–Crippen MR) is 109 cm³/mol. The van der Waals surface area contributed by atoms with Crippen LogP contribution in [0.25, 0.3) is 11.3 Å². The van der Waals surface area contributed by atoms with Gasteiger partial charge in [-0.05, 0) is 36.2 Å². The van der Waals surface area contributed by atoms with Gasteiger partial charge in [0, 0.05) is 42.9 Å². The third-order valence-corrected chi connectivity index (χ3v) is 5.02. The Morgan fingerprint density at radius 2 is 2.07 bits per heavy atom. The molecule has 1 fully saturated rings. The van der Waals surface area contributed by atoms with E-state index in [4.69, 9.17) is 4.74 Å². The van der Waals surface area contributed by atoms with Crippen molar-refractivity contribution in [3.05, 3.63) is 65.9 Å². The number of nitrogens with one attached hydrogen (secondary N) is 2. The first-order valence-corrected chi connectivity index (χ1v) is 9.51. The number of anilines is 1. The number of carbonyl (C=O) groups excluding carboxylic acids is 1. The minimum atomic E-state index is 0.214. The summed E-state index contributed by atoms with van der Waals surface area (Å²) in [6.07, 6.45) is 3.44. The van der Waals surface area contributed by atoms with Crippen LogP contribution in [0.15, 0.2) is 54.7 Å². The van der Waals surface area contributed by atoms with Gasteiger partial charge >= 0.3 is 0 Å². The summed E-state index contributed by atoms with van der Waals surface area (Å²) in [4.78, 5) is 13.8. The number of rotatable bonds is 7. The first-order chi connectivity index (χ1) is 13.7. The van der Waals surface area contributed by atoms with Gasteiger partial charge in [0.1, 0.15) is 5.75 Å². The van der Waals surface area contributed by atoms with Gasteiger partial charge in [0.05, 0.1) is 19.0 Å². The molecule has 6 heteroatoms. The quantitative estimate of drug-likeness (QED) is 0.662. The van der Waals surface area contributed by atoms with Crippen molar-refractivity contribution < 1.29 is 9.53 Å². The fourth-order valence-electron chi connectivity index (χ4n) is 3.57. The molecule has 144 valence electrons. The summed E-state index contributed by atoms with van der Waals surface area (Å²) in [6.45, 7) is 2.23. The van der Waals surface area contributed by atoms with E-state index in [-0.39, 0.29) is 5.91 Å². The monoisotopic (exact) mass is 376 g/mol. The fraction of sp³-hybridized carbons (Fsp3) is 0.273. The van der Waals surface area contributed by atoms with Crippen LogP contribution in [0.1, 0.15) is 24.0 Å². The molecule has 3 aromatic rings. The van der Waals surface area contributed by atoms with Crippen molar-refractivity contribution in [1.29, 1.82) is 0 Å². The second-order valence-electron chi connectivity index (χ2n) is 6.92. The molecule has 0 radical (unpaired) electrons. The van der Waals surface area contributed by atoms with Crippen LogP contribution >= 0.6 is 0 Å². The minimum absolute atomic E-state index is 0.214. The highest BCUT2D eigenvalue weighted by Gasteiger charge is 2.21. The lowest BCUT2D eigenvalue weighted by atomic mass is 10.1. The molecule has 2 N–H and O–H groups in total. The molecule has 1 aliphatic rings. The van der Waals surface area contributed by atoms with Crippen molar-refractivity contribution >= 4 is 11.6 Å². The number of hydrogen-bond acceptors (Lipinski definition) is 4. The lowest BCUT2D eigenvalue weighted by molar-refractivity contribution is -0.117. The van der Waals surface area contributed by atoms with Crippen LogP contribution < -0.4 is 15.0 Å². The summed E-state index contributed by atoms with van der Waals surface area (Å²) < 4.78 is 5.31. The summed E-state index contributed by atoms with van der Waals surface area (Å²) in [6, 6.07) is 16.1. The molecule has 4 rings (SSSR count). The number of hydrogen-bond donors (Lipinski definition) is 2. The highest BCUT2D eigenvalue weighted by Crippen LogP contribution is 2.25. The average Bonchev–Trinajstić information content (AvgIpc) is 3.37. The predicted octanol–water partition coefficient (Wildman–Crippen LogP) is 3.50. The molecule has 6 nitrogen and oxygen atoms in total. The molecule has 0 spiro atoms. The third-order valence-electron chi connectivity index (χ3n) is 5.02. The van der Waals surface area contributed by atoms with E-state index in [1.165, 1.54) is 0 Å². The average molecular weight is 376 g/mol. The van der Waals surface area contributed by atoms with Crippen LogP contribution in [0.4, 0.5) is 5.69 Å². The number of ether oxygens (including phenoxy) is 1. The Balaban J connectivity index is 1.41. The molecule has 2 aromatic carbocycles. The van der Waals surface area contributed by atoms with E-state index in [0.717, 1.165) is 53.3 Å². The first kappa shape index (κ1) is 18.3. The zero-order valence-electron chi connectivity index (χ0n) is 15.9. The smallest absolute Gasteiger partial charge is 0.227 e. The van der Waals surface area contributed by atoms with Gasteiger partial charge in [0.25, 0.3) is 0 Å². The van der Waals surface area contributed by atoms with Crippen LogP contribution in [0.2, 0.25) is 0 Å². The van der Waals surface area contributed by atoms with Crippen molar-refractivity contribution in [2.45, 2.75) is 25.9 Å². The molecule has 0 aliphatic carbocycles. The highest BCUT2D eigenvalue weighted by atomic mass is 16.5. The third kappa shape index (κ3) is 3.92. The maximum atomic E-state index is 12.0. The number of carbonyl (C=O) groups is 1. The zero-order valence-corrected chi connectivity index (χ0v) is 15.9. The van der Waals surface area contributed by atoms with E-state index in [0.29, 0.717) is 13.0 Å². The Bertz CT molecular complexity index is 966. The van der Waals surface area contributed by atoms with Crippen LogP contribution in [0.5, 0.6) is 5.75 Å². The van der Waals surface area contributed by atoms with E-state index in [1.54, 1.807) is 7.11 Å². The lowest BCUT2D eigenvalue weighted by Crippen LogP contribution is -2.23. The van der Waals surface area contributed by atoms with Crippen molar-refractivity contribution in [2.75, 3.05) is 18.6 Å². The molecule has 1 aliphatic heterocycles. The summed E-state index contributed by atoms with van der Waals surface area (Å²) in [5, 5.41) is 10.8. The molecule has 1 aromatic heterocycles. The van der Waals surface area contributed by atoms with Crippen LogP contribution in [-0.2, 0) is 17.9 Å². The van der Waals surface area contributed by atoms with Gasteiger partial charge in [-0.15, -0.1) is 0 Å². The van der Waals surface area contributed by atoms with E-state index < -0.39 is 0 Å². The van der Waals surface area contributed by atoms with Crippen LogP contribution in [-0.4, -0.2) is 29.8 Å². The van der Waals surface area contributed by atoms with Crippen molar-refractivity contribution in [3.8, 4) is 17.0 Å². The summed E-state index contributed by atoms with van der Waals surface area (Å²) in [5.74, 6) is 1.03. The number of H-pyrrole nitrogens is 1. The van der Waals surface area contributed by atoms with Crippen molar-refractivity contribution in [3.63, 3.8) is 0 Å². The standard InChI is InChI=1S/C22H24N4O2/c1-28-20-8-3-6-17(12-20)22-18(15-24-25-22)14-23-13-16-5-2-7-19(11-16)26-10-4-9-21(26)27/h2-3,5-8,11-12,15,23H,4,9-10,13-14H2,1H3,(H,24,25). The van der Waals surface area contributed by atoms with Gasteiger partial charge in [0.15, 0.2) is 0 Å². The molecule has 0 atom stereocenters. The van der Waals surface area contributed by atoms with Crippen molar-refractivity contribution in [2.24, 2.45) is 0 Å². The number of methoxy groups -OCH3 is 1. The Hall–Kier alpha value is -3.12. The number of aromatic nitrogens is 2. The molecule has 1 saturated heterocycles. The largest absolute Gasteiger partial charge is 0.497 e. The number of benzene rings is 2. The Labute approximate surface area is 164 Å². The topological polar surface area (TPSA) is 70.2 Å². The molecule has 2 heterocycles. The van der Waals surface area contributed by atoms with Gasteiger partial charge in [-0.1, -0.05) is 24.3 Å². The molecule has 1 amide bonds. The Kier molecular flexibility index (Phi) is 5.39. The van der Waals surface area contributed by atoms with Crippen molar-refractivity contribution in [1.82, 2.24) is 15.5 Å². The molecular formula is C22H24N4O2. The highest BCUT2D eigenvalue weighted by molar-refractivity contribution is 5.95. The minimum Gasteiger partial charge on any atom is -0.497 e. The van der Waals surface area contributed by atoms with E-state index in [1.807, 2.05) is 47.5 Å². The molecule has 0 bridgehead atoms.